The molecule has 0 unspecified atom stereocenters. The maximum Gasteiger partial charge on any atom is 0.420 e. The van der Waals surface area contributed by atoms with Gasteiger partial charge in [-0.15, -0.1) is 0 Å². The third kappa shape index (κ3) is 4.46. The van der Waals surface area contributed by atoms with Crippen molar-refractivity contribution in [3.8, 4) is 11.4 Å². The number of piperidine rings is 1. The van der Waals surface area contributed by atoms with E-state index in [0.29, 0.717) is 12.8 Å². The van der Waals surface area contributed by atoms with Crippen LogP contribution in [0.5, 0.6) is 0 Å². The Balaban J connectivity index is 1.48. The van der Waals surface area contributed by atoms with Crippen LogP contribution in [-0.2, 0) is 30.3 Å². The minimum absolute atomic E-state index is 0.0345. The molecule has 0 radical (unpaired) electrons. The number of rotatable bonds is 5. The van der Waals surface area contributed by atoms with Crippen LogP contribution in [-0.4, -0.2) is 61.2 Å². The highest BCUT2D eigenvalue weighted by Gasteiger charge is 2.36. The number of aromatic nitrogens is 6. The molecule has 14 heteroatoms. The smallest absolute Gasteiger partial charge is 0.351 e. The number of aryl methyl sites for hydroxylation is 2. The van der Waals surface area contributed by atoms with E-state index in [1.165, 1.54) is 38.5 Å². The van der Waals surface area contributed by atoms with Crippen LogP contribution in [0, 0.1) is 0 Å². The Hall–Kier alpha value is -3.00. The predicted octanol–water partition coefficient (Wildman–Crippen LogP) is 1.89. The van der Waals surface area contributed by atoms with Crippen molar-refractivity contribution in [1.29, 1.82) is 0 Å². The molecule has 0 saturated carbocycles. The van der Waals surface area contributed by atoms with Crippen molar-refractivity contribution >= 4 is 16.0 Å². The van der Waals surface area contributed by atoms with E-state index in [1.807, 2.05) is 0 Å². The summed E-state index contributed by atoms with van der Waals surface area (Å²) in [6.07, 6.45) is 2.58. The Morgan fingerprint density at radius 2 is 1.81 bits per heavy atom. The number of sulfonamides is 1. The van der Waals surface area contributed by atoms with E-state index in [2.05, 4.69) is 25.4 Å². The summed E-state index contributed by atoms with van der Waals surface area (Å²) in [7, 11) is -0.357. The first kappa shape index (κ1) is 22.2. The first-order chi connectivity index (χ1) is 15.0. The highest BCUT2D eigenvalue weighted by atomic mass is 32.2. The van der Waals surface area contributed by atoms with Gasteiger partial charge in [0.2, 0.25) is 16.0 Å². The van der Waals surface area contributed by atoms with Crippen LogP contribution in [0.25, 0.3) is 11.4 Å². The van der Waals surface area contributed by atoms with Gasteiger partial charge in [-0.3, -0.25) is 4.68 Å². The molecule has 0 bridgehead atoms. The van der Waals surface area contributed by atoms with Gasteiger partial charge in [-0.25, -0.2) is 23.4 Å². The number of anilines is 1. The molecule has 32 heavy (non-hydrogen) atoms. The van der Waals surface area contributed by atoms with Gasteiger partial charge in [-0.1, -0.05) is 0 Å². The Morgan fingerprint density at radius 1 is 1.09 bits per heavy atom. The van der Waals surface area contributed by atoms with Crippen LogP contribution < -0.4 is 5.32 Å². The first-order valence-electron chi connectivity index (χ1n) is 9.72. The molecule has 1 aliphatic heterocycles. The quantitative estimate of drug-likeness (QED) is 0.606. The second kappa shape index (κ2) is 8.16. The fourth-order valence-electron chi connectivity index (χ4n) is 3.49. The number of hydrogen-bond acceptors (Lipinski definition) is 7. The van der Waals surface area contributed by atoms with Gasteiger partial charge in [0.15, 0.2) is 0 Å². The lowest BCUT2D eigenvalue weighted by Crippen LogP contribution is -2.42. The summed E-state index contributed by atoms with van der Waals surface area (Å²) in [4.78, 5) is 12.0. The largest absolute Gasteiger partial charge is 0.420 e. The van der Waals surface area contributed by atoms with Gasteiger partial charge >= 0.3 is 6.18 Å². The van der Waals surface area contributed by atoms with Crippen molar-refractivity contribution in [1.82, 2.24) is 33.6 Å². The standard InChI is InChI=1S/C18H21F3N8O2S/c1-27-10-15(23-11-27)16-14(18(19,20)21)8-22-17(26-16)25-12-3-5-29(6-4-12)32(30,31)13-7-24-28(2)9-13/h7-12H,3-6H2,1-2H3,(H,22,25,26). The summed E-state index contributed by atoms with van der Waals surface area (Å²) in [5.41, 5.74) is -1.20. The van der Waals surface area contributed by atoms with Gasteiger partial charge in [-0.05, 0) is 12.8 Å². The number of nitrogens with one attached hydrogen (secondary N) is 1. The van der Waals surface area contributed by atoms with Gasteiger partial charge in [0.25, 0.3) is 0 Å². The topological polar surface area (TPSA) is 111 Å². The van der Waals surface area contributed by atoms with Crippen molar-refractivity contribution in [2.45, 2.75) is 30.0 Å². The summed E-state index contributed by atoms with van der Waals surface area (Å²) in [6, 6.07) is -0.191. The number of imidazole rings is 1. The third-order valence-electron chi connectivity index (χ3n) is 5.15. The molecule has 1 saturated heterocycles. The molecule has 0 aromatic carbocycles. The first-order valence-corrected chi connectivity index (χ1v) is 11.2. The molecule has 1 fully saturated rings. The minimum atomic E-state index is -4.63. The van der Waals surface area contributed by atoms with E-state index < -0.39 is 21.8 Å². The summed E-state index contributed by atoms with van der Waals surface area (Å²) in [6.45, 7) is 0.505. The van der Waals surface area contributed by atoms with Gasteiger partial charge in [0.1, 0.15) is 21.8 Å². The van der Waals surface area contributed by atoms with E-state index in [1.54, 1.807) is 14.1 Å². The molecule has 4 heterocycles. The van der Waals surface area contributed by atoms with Gasteiger partial charge in [0.05, 0.1) is 12.5 Å². The fraction of sp³-hybridized carbons (Fsp3) is 0.444. The van der Waals surface area contributed by atoms with Crippen molar-refractivity contribution in [3.63, 3.8) is 0 Å². The number of nitrogens with zero attached hydrogens (tertiary/aromatic N) is 7. The lowest BCUT2D eigenvalue weighted by atomic mass is 10.1. The fourth-order valence-corrected chi connectivity index (χ4v) is 4.95. The average Bonchev–Trinajstić information content (AvgIpc) is 3.36. The Morgan fingerprint density at radius 3 is 2.38 bits per heavy atom. The monoisotopic (exact) mass is 470 g/mol. The Labute approximate surface area is 182 Å². The molecular weight excluding hydrogens is 449 g/mol. The molecule has 4 rings (SSSR count). The average molecular weight is 470 g/mol. The molecule has 172 valence electrons. The van der Waals surface area contributed by atoms with E-state index in [-0.39, 0.29) is 41.4 Å². The van der Waals surface area contributed by atoms with E-state index in [4.69, 9.17) is 0 Å². The molecule has 0 aliphatic carbocycles. The molecule has 0 spiro atoms. The third-order valence-corrected chi connectivity index (χ3v) is 7.00. The second-order valence-electron chi connectivity index (χ2n) is 7.55. The van der Waals surface area contributed by atoms with Crippen LogP contribution in [0.2, 0.25) is 0 Å². The van der Waals surface area contributed by atoms with Crippen molar-refractivity contribution in [3.05, 3.63) is 36.7 Å². The van der Waals surface area contributed by atoms with Gasteiger partial charge < -0.3 is 9.88 Å². The molecule has 0 atom stereocenters. The van der Waals surface area contributed by atoms with E-state index in [0.717, 1.165) is 6.20 Å². The van der Waals surface area contributed by atoms with Crippen LogP contribution in [0.4, 0.5) is 19.1 Å². The minimum Gasteiger partial charge on any atom is -0.351 e. The Bertz CT molecular complexity index is 1210. The maximum absolute atomic E-state index is 13.4. The van der Waals surface area contributed by atoms with Crippen LogP contribution >= 0.6 is 0 Å². The zero-order chi connectivity index (χ0) is 23.1. The van der Waals surface area contributed by atoms with Crippen LogP contribution in [0.3, 0.4) is 0 Å². The lowest BCUT2D eigenvalue weighted by Gasteiger charge is -2.31. The highest BCUT2D eigenvalue weighted by molar-refractivity contribution is 7.89. The highest BCUT2D eigenvalue weighted by Crippen LogP contribution is 2.35. The summed E-state index contributed by atoms with van der Waals surface area (Å²) in [5, 5.41) is 6.93. The number of halogens is 3. The van der Waals surface area contributed by atoms with Crippen LogP contribution in [0.15, 0.2) is 36.0 Å². The molecule has 1 N–H and O–H groups in total. The molecule has 0 amide bonds. The summed E-state index contributed by atoms with van der Waals surface area (Å²) >= 11 is 0. The normalized spacial score (nSPS) is 16.4. The molecule has 10 nitrogen and oxygen atoms in total. The molecule has 3 aromatic rings. The maximum atomic E-state index is 13.4. The van der Waals surface area contributed by atoms with Crippen molar-refractivity contribution < 1.29 is 21.6 Å². The number of alkyl halides is 3. The zero-order valence-corrected chi connectivity index (χ0v) is 18.1. The summed E-state index contributed by atoms with van der Waals surface area (Å²) < 4.78 is 70.0. The van der Waals surface area contributed by atoms with Crippen LogP contribution in [0.1, 0.15) is 18.4 Å². The summed E-state index contributed by atoms with van der Waals surface area (Å²) in [5.74, 6) is 0.0345. The van der Waals surface area contributed by atoms with E-state index >= 15 is 0 Å². The number of hydrogen-bond donors (Lipinski definition) is 1. The molecule has 3 aromatic heterocycles. The zero-order valence-electron chi connectivity index (χ0n) is 17.3. The molecular formula is C18H21F3N8O2S. The van der Waals surface area contributed by atoms with E-state index in [9.17, 15) is 21.6 Å². The van der Waals surface area contributed by atoms with Crippen molar-refractivity contribution in [2.75, 3.05) is 18.4 Å². The SMILES string of the molecule is Cn1cnc(-c2nc(NC3CCN(S(=O)(=O)c4cnn(C)c4)CC3)ncc2C(F)(F)F)c1. The lowest BCUT2D eigenvalue weighted by molar-refractivity contribution is -0.137. The second-order valence-corrected chi connectivity index (χ2v) is 9.49. The predicted molar refractivity (Wildman–Crippen MR) is 108 cm³/mol. The molecule has 1 aliphatic rings. The Kier molecular flexibility index (Phi) is 5.67. The van der Waals surface area contributed by atoms with Gasteiger partial charge in [0, 0.05) is 51.8 Å². The van der Waals surface area contributed by atoms with Crippen molar-refractivity contribution in [2.24, 2.45) is 14.1 Å². The van der Waals surface area contributed by atoms with Gasteiger partial charge in [-0.2, -0.15) is 22.6 Å².